The van der Waals surface area contributed by atoms with Crippen LogP contribution in [0.4, 0.5) is 0 Å². The Balaban J connectivity index is 0.00000162. The summed E-state index contributed by atoms with van der Waals surface area (Å²) < 4.78 is 5.62. The van der Waals surface area contributed by atoms with Gasteiger partial charge in [-0.1, -0.05) is 0 Å². The first-order valence-electron chi connectivity index (χ1n) is 6.76. The summed E-state index contributed by atoms with van der Waals surface area (Å²) in [6, 6.07) is 0. The Morgan fingerprint density at radius 1 is 1.39 bits per heavy atom. The number of carbonyl (C=O) groups excluding carboxylic acids is 1. The summed E-state index contributed by atoms with van der Waals surface area (Å²) in [5, 5.41) is 3.04. The van der Waals surface area contributed by atoms with E-state index in [0.29, 0.717) is 12.3 Å². The van der Waals surface area contributed by atoms with E-state index in [2.05, 4.69) is 10.2 Å². The molecule has 0 aromatic carbocycles. The predicted molar refractivity (Wildman–Crippen MR) is 74.1 cm³/mol. The molecule has 1 spiro atoms. The first-order valence-corrected chi connectivity index (χ1v) is 6.76. The number of hydrogen-bond acceptors (Lipinski definition) is 3. The molecule has 1 unspecified atom stereocenters. The number of ether oxygens (including phenoxy) is 1. The molecule has 0 aliphatic carbocycles. The number of hydrogen-bond donors (Lipinski definition) is 1. The van der Waals surface area contributed by atoms with Gasteiger partial charge in [0.2, 0.25) is 5.91 Å². The molecule has 0 aromatic heterocycles. The third kappa shape index (κ3) is 3.84. The van der Waals surface area contributed by atoms with Crippen molar-refractivity contribution in [1.82, 2.24) is 10.2 Å². The highest BCUT2D eigenvalue weighted by Gasteiger charge is 2.38. The maximum Gasteiger partial charge on any atom is 0.223 e. The zero-order valence-electron chi connectivity index (χ0n) is 11.2. The number of nitrogens with one attached hydrogen (secondary N) is 1. The van der Waals surface area contributed by atoms with Gasteiger partial charge in [-0.05, 0) is 32.7 Å². The van der Waals surface area contributed by atoms with Crippen molar-refractivity contribution in [2.45, 2.75) is 32.1 Å². The lowest BCUT2D eigenvalue weighted by Crippen LogP contribution is -2.49. The smallest absolute Gasteiger partial charge is 0.223 e. The second-order valence-electron chi connectivity index (χ2n) is 5.43. The molecule has 2 fully saturated rings. The van der Waals surface area contributed by atoms with Crippen molar-refractivity contribution in [3.8, 4) is 0 Å². The van der Waals surface area contributed by atoms with E-state index in [1.807, 2.05) is 7.05 Å². The van der Waals surface area contributed by atoms with Gasteiger partial charge in [0.25, 0.3) is 0 Å². The molecule has 2 aliphatic rings. The van der Waals surface area contributed by atoms with E-state index >= 15 is 0 Å². The fourth-order valence-corrected chi connectivity index (χ4v) is 3.04. The van der Waals surface area contributed by atoms with Crippen molar-refractivity contribution in [2.75, 3.05) is 39.9 Å². The average Bonchev–Trinajstić information content (AvgIpc) is 2.37. The van der Waals surface area contributed by atoms with Gasteiger partial charge in [0.1, 0.15) is 0 Å². The Hall–Kier alpha value is -0.320. The van der Waals surface area contributed by atoms with Crippen molar-refractivity contribution in [3.05, 3.63) is 0 Å². The number of halogens is 1. The summed E-state index contributed by atoms with van der Waals surface area (Å²) in [5.41, 5.74) is 0.270. The highest BCUT2D eigenvalue weighted by Crippen LogP contribution is 2.37. The minimum absolute atomic E-state index is 0. The number of amides is 1. The van der Waals surface area contributed by atoms with Crippen molar-refractivity contribution in [1.29, 1.82) is 0 Å². The molecule has 18 heavy (non-hydrogen) atoms. The number of piperidine rings is 1. The molecule has 1 amide bonds. The van der Waals surface area contributed by atoms with Gasteiger partial charge in [0, 0.05) is 38.1 Å². The maximum atomic E-state index is 12.0. The van der Waals surface area contributed by atoms with Crippen molar-refractivity contribution < 1.29 is 9.53 Å². The lowest BCUT2D eigenvalue weighted by atomic mass is 9.76. The second-order valence-corrected chi connectivity index (χ2v) is 5.43. The molecule has 0 aromatic rings. The summed E-state index contributed by atoms with van der Waals surface area (Å²) in [6.45, 7) is 4.37. The first kappa shape index (κ1) is 15.7. The van der Waals surface area contributed by atoms with Crippen LogP contribution >= 0.6 is 12.4 Å². The molecule has 106 valence electrons. The molecule has 5 heteroatoms. The zero-order chi connectivity index (χ0) is 12.1. The van der Waals surface area contributed by atoms with E-state index in [0.717, 1.165) is 45.7 Å². The van der Waals surface area contributed by atoms with Gasteiger partial charge in [-0.2, -0.15) is 0 Å². The summed E-state index contributed by atoms with van der Waals surface area (Å²) in [7, 11) is 1.89. The fourth-order valence-electron chi connectivity index (χ4n) is 3.04. The van der Waals surface area contributed by atoms with Crippen molar-refractivity contribution in [3.63, 3.8) is 0 Å². The van der Waals surface area contributed by atoms with Crippen LogP contribution in [0.5, 0.6) is 0 Å². The molecule has 2 saturated heterocycles. The van der Waals surface area contributed by atoms with E-state index in [9.17, 15) is 4.79 Å². The molecule has 0 radical (unpaired) electrons. The van der Waals surface area contributed by atoms with Gasteiger partial charge >= 0.3 is 0 Å². The molecular formula is C13H25ClN2O2. The number of likely N-dealkylation sites (tertiary alicyclic amines) is 1. The first-order chi connectivity index (χ1) is 8.26. The van der Waals surface area contributed by atoms with Gasteiger partial charge in [0.15, 0.2) is 0 Å². The Kier molecular flexibility index (Phi) is 6.39. The normalized spacial score (nSPS) is 27.9. The molecule has 4 nitrogen and oxygen atoms in total. The maximum absolute atomic E-state index is 12.0. The monoisotopic (exact) mass is 276 g/mol. The minimum Gasteiger partial charge on any atom is -0.381 e. The highest BCUT2D eigenvalue weighted by molar-refractivity contribution is 5.85. The lowest BCUT2D eigenvalue weighted by molar-refractivity contribution is -0.137. The third-order valence-electron chi connectivity index (χ3n) is 4.01. The van der Waals surface area contributed by atoms with Crippen LogP contribution in [0.15, 0.2) is 0 Å². The molecular weight excluding hydrogens is 252 g/mol. The predicted octanol–water partition coefficient (Wildman–Crippen LogP) is 1.44. The van der Waals surface area contributed by atoms with Crippen LogP contribution in [0.1, 0.15) is 32.1 Å². The van der Waals surface area contributed by atoms with E-state index in [4.69, 9.17) is 4.74 Å². The van der Waals surface area contributed by atoms with Gasteiger partial charge in [0.05, 0.1) is 6.61 Å². The van der Waals surface area contributed by atoms with Crippen LogP contribution in [0, 0.1) is 5.41 Å². The van der Waals surface area contributed by atoms with E-state index in [-0.39, 0.29) is 17.8 Å². The Morgan fingerprint density at radius 3 is 2.83 bits per heavy atom. The van der Waals surface area contributed by atoms with Crippen LogP contribution in [0.25, 0.3) is 0 Å². The van der Waals surface area contributed by atoms with Gasteiger partial charge in [-0.25, -0.2) is 0 Å². The standard InChI is InChI=1S/C13H24N2O2.ClH/c1-14-7-4-12(16)15-8-2-5-13(10-15)6-3-9-17-11-13;/h14H,2-11H2,1H3;1H. The largest absolute Gasteiger partial charge is 0.381 e. The highest BCUT2D eigenvalue weighted by atomic mass is 35.5. The van der Waals surface area contributed by atoms with Crippen LogP contribution in [-0.2, 0) is 9.53 Å². The summed E-state index contributed by atoms with van der Waals surface area (Å²) in [6.07, 6.45) is 5.35. The number of carbonyl (C=O) groups is 1. The topological polar surface area (TPSA) is 41.6 Å². The number of rotatable bonds is 3. The number of nitrogens with zero attached hydrogens (tertiary/aromatic N) is 1. The summed E-state index contributed by atoms with van der Waals surface area (Å²) >= 11 is 0. The molecule has 2 heterocycles. The van der Waals surface area contributed by atoms with Crippen LogP contribution in [0.3, 0.4) is 0 Å². The van der Waals surface area contributed by atoms with Crippen LogP contribution in [-0.4, -0.2) is 50.7 Å². The van der Waals surface area contributed by atoms with E-state index < -0.39 is 0 Å². The summed E-state index contributed by atoms with van der Waals surface area (Å²) in [4.78, 5) is 14.1. The molecule has 1 atom stereocenters. The fraction of sp³-hybridized carbons (Fsp3) is 0.923. The second kappa shape index (κ2) is 7.31. The van der Waals surface area contributed by atoms with E-state index in [1.165, 1.54) is 12.8 Å². The Morgan fingerprint density at radius 2 is 2.17 bits per heavy atom. The minimum atomic E-state index is 0. The van der Waals surface area contributed by atoms with Gasteiger partial charge in [-0.15, -0.1) is 12.4 Å². The molecule has 2 rings (SSSR count). The average molecular weight is 277 g/mol. The van der Waals surface area contributed by atoms with Gasteiger partial charge in [-0.3, -0.25) is 4.79 Å². The quantitative estimate of drug-likeness (QED) is 0.848. The zero-order valence-corrected chi connectivity index (χ0v) is 12.1. The van der Waals surface area contributed by atoms with Crippen molar-refractivity contribution in [2.24, 2.45) is 5.41 Å². The SMILES string of the molecule is CNCCC(=O)N1CCCC2(CCCOC2)C1.Cl. The molecule has 1 N–H and O–H groups in total. The van der Waals surface area contributed by atoms with Crippen LogP contribution in [0.2, 0.25) is 0 Å². The lowest BCUT2D eigenvalue weighted by Gasteiger charge is -2.44. The van der Waals surface area contributed by atoms with E-state index in [1.54, 1.807) is 0 Å². The third-order valence-corrected chi connectivity index (χ3v) is 4.01. The summed E-state index contributed by atoms with van der Waals surface area (Å²) in [5.74, 6) is 0.295. The van der Waals surface area contributed by atoms with Crippen molar-refractivity contribution >= 4 is 18.3 Å². The Labute approximate surface area is 116 Å². The molecule has 0 saturated carbocycles. The van der Waals surface area contributed by atoms with Crippen LogP contribution < -0.4 is 5.32 Å². The Bertz CT molecular complexity index is 262. The molecule has 2 aliphatic heterocycles. The van der Waals surface area contributed by atoms with Gasteiger partial charge < -0.3 is 15.0 Å². The molecule has 0 bridgehead atoms.